The van der Waals surface area contributed by atoms with Gasteiger partial charge in [-0.1, -0.05) is 48.5 Å². The van der Waals surface area contributed by atoms with Gasteiger partial charge < -0.3 is 9.88 Å². The molecule has 1 aliphatic heterocycles. The van der Waals surface area contributed by atoms with Crippen LogP contribution in [0.3, 0.4) is 0 Å². The maximum Gasteiger partial charge on any atom is 0.416 e. The number of benzene rings is 3. The summed E-state index contributed by atoms with van der Waals surface area (Å²) in [5.74, 6) is -0.838. The van der Waals surface area contributed by atoms with Crippen molar-refractivity contribution in [3.63, 3.8) is 0 Å². The summed E-state index contributed by atoms with van der Waals surface area (Å²) in [6.45, 7) is 1.86. The van der Waals surface area contributed by atoms with Crippen LogP contribution in [0.25, 0.3) is 10.9 Å². The van der Waals surface area contributed by atoms with Crippen molar-refractivity contribution >= 4 is 29.2 Å². The van der Waals surface area contributed by atoms with Gasteiger partial charge in [-0.2, -0.15) is 26.3 Å². The van der Waals surface area contributed by atoms with Crippen LogP contribution in [0.1, 0.15) is 39.0 Å². The summed E-state index contributed by atoms with van der Waals surface area (Å²) < 4.78 is 81.1. The number of piperazine rings is 1. The van der Waals surface area contributed by atoms with Gasteiger partial charge in [0.1, 0.15) is 0 Å². The number of hydrogen-bond donors (Lipinski definition) is 1. The van der Waals surface area contributed by atoms with Crippen LogP contribution in [0.5, 0.6) is 0 Å². The molecular formula is C31H30ClF6N3O. The summed E-state index contributed by atoms with van der Waals surface area (Å²) >= 11 is 0. The van der Waals surface area contributed by atoms with E-state index in [1.807, 2.05) is 48.7 Å². The number of para-hydroxylation sites is 1. The van der Waals surface area contributed by atoms with E-state index in [2.05, 4.69) is 22.0 Å². The van der Waals surface area contributed by atoms with Gasteiger partial charge in [-0.05, 0) is 61.2 Å². The third-order valence-electron chi connectivity index (χ3n) is 7.58. The summed E-state index contributed by atoms with van der Waals surface area (Å²) in [4.78, 5) is 20.5. The first-order valence-electron chi connectivity index (χ1n) is 13.4. The summed E-state index contributed by atoms with van der Waals surface area (Å²) in [7, 11) is 0. The average Bonchev–Trinajstić information content (AvgIpc) is 3.35. The Balaban J connectivity index is 0.00000405. The Morgan fingerprint density at radius 3 is 2.17 bits per heavy atom. The second-order valence-corrected chi connectivity index (χ2v) is 10.4. The van der Waals surface area contributed by atoms with Crippen LogP contribution in [-0.4, -0.2) is 52.9 Å². The Bertz CT molecular complexity index is 1470. The number of aryl methyl sites for hydroxylation is 1. The lowest BCUT2D eigenvalue weighted by atomic mass is 9.98. The first-order chi connectivity index (χ1) is 19.5. The monoisotopic (exact) mass is 609 g/mol. The second kappa shape index (κ2) is 12.8. The number of aromatic amines is 1. The van der Waals surface area contributed by atoms with Crippen molar-refractivity contribution in [1.82, 2.24) is 14.8 Å². The molecule has 1 unspecified atom stereocenters. The molecule has 1 atom stereocenters. The van der Waals surface area contributed by atoms with Gasteiger partial charge in [0.15, 0.2) is 0 Å². The molecular weight excluding hydrogens is 580 g/mol. The first-order valence-corrected chi connectivity index (χ1v) is 13.4. The highest BCUT2D eigenvalue weighted by Gasteiger charge is 2.39. The SMILES string of the molecule is Cl.O=C(c1cc(C(F)(F)F)cc(C(F)(F)F)c1)N1CCN(CCCc2ccccc2)CC1Cc1c[nH]c2ccccc12. The Morgan fingerprint density at radius 1 is 0.857 bits per heavy atom. The molecule has 42 heavy (non-hydrogen) atoms. The minimum atomic E-state index is -5.03. The molecule has 11 heteroatoms. The number of amides is 1. The molecule has 1 saturated heterocycles. The Morgan fingerprint density at radius 2 is 1.50 bits per heavy atom. The van der Waals surface area contributed by atoms with Crippen LogP contribution < -0.4 is 0 Å². The van der Waals surface area contributed by atoms with Gasteiger partial charge in [-0.3, -0.25) is 9.69 Å². The zero-order valence-corrected chi connectivity index (χ0v) is 23.3. The summed E-state index contributed by atoms with van der Waals surface area (Å²) in [5.41, 5.74) is -0.569. The van der Waals surface area contributed by atoms with Gasteiger partial charge in [-0.25, -0.2) is 0 Å². The normalized spacial score (nSPS) is 16.4. The third kappa shape index (κ3) is 7.28. The molecule has 0 aliphatic carbocycles. The summed E-state index contributed by atoms with van der Waals surface area (Å²) in [6.07, 6.45) is -6.07. The quantitative estimate of drug-likeness (QED) is 0.219. The van der Waals surface area contributed by atoms with Gasteiger partial charge in [-0.15, -0.1) is 12.4 Å². The fraction of sp³-hybridized carbons (Fsp3) is 0.323. The fourth-order valence-electron chi connectivity index (χ4n) is 5.51. The van der Waals surface area contributed by atoms with E-state index in [0.29, 0.717) is 31.6 Å². The molecule has 1 aliphatic rings. The van der Waals surface area contributed by atoms with Crippen LogP contribution in [0, 0.1) is 0 Å². The largest absolute Gasteiger partial charge is 0.416 e. The van der Waals surface area contributed by atoms with Crippen molar-refractivity contribution in [3.8, 4) is 0 Å². The van der Waals surface area contributed by atoms with E-state index in [4.69, 9.17) is 0 Å². The molecule has 4 nitrogen and oxygen atoms in total. The minimum absolute atomic E-state index is 0. The number of H-pyrrole nitrogens is 1. The predicted octanol–water partition coefficient (Wildman–Crippen LogP) is 7.63. The first kappa shape index (κ1) is 31.4. The molecule has 0 saturated carbocycles. The molecule has 4 aromatic rings. The molecule has 1 fully saturated rings. The van der Waals surface area contributed by atoms with E-state index in [1.165, 1.54) is 10.5 Å². The number of hydrogen-bond acceptors (Lipinski definition) is 2. The third-order valence-corrected chi connectivity index (χ3v) is 7.58. The number of carbonyl (C=O) groups excluding carboxylic acids is 1. The zero-order valence-electron chi connectivity index (χ0n) is 22.5. The summed E-state index contributed by atoms with van der Waals surface area (Å²) in [6, 6.07) is 18.3. The number of halogens is 7. The smallest absolute Gasteiger partial charge is 0.361 e. The van der Waals surface area contributed by atoms with Gasteiger partial charge in [0.05, 0.1) is 11.1 Å². The maximum atomic E-state index is 13.6. The zero-order chi connectivity index (χ0) is 29.2. The van der Waals surface area contributed by atoms with Gasteiger partial charge in [0.2, 0.25) is 0 Å². The fourth-order valence-corrected chi connectivity index (χ4v) is 5.51. The number of nitrogens with one attached hydrogen (secondary N) is 1. The van der Waals surface area contributed by atoms with Crippen molar-refractivity contribution in [2.75, 3.05) is 26.2 Å². The number of fused-ring (bicyclic) bond motifs is 1. The Hall–Kier alpha value is -3.50. The molecule has 5 rings (SSSR count). The van der Waals surface area contributed by atoms with Crippen molar-refractivity contribution in [3.05, 3.63) is 107 Å². The lowest BCUT2D eigenvalue weighted by Crippen LogP contribution is -2.56. The Labute approximate surface area is 245 Å². The second-order valence-electron chi connectivity index (χ2n) is 10.4. The van der Waals surface area contributed by atoms with E-state index < -0.39 is 41.0 Å². The molecule has 1 amide bonds. The Kier molecular flexibility index (Phi) is 9.57. The maximum absolute atomic E-state index is 13.6. The van der Waals surface area contributed by atoms with Crippen molar-refractivity contribution in [1.29, 1.82) is 0 Å². The molecule has 3 aromatic carbocycles. The van der Waals surface area contributed by atoms with E-state index in [0.717, 1.165) is 35.9 Å². The van der Waals surface area contributed by atoms with Crippen LogP contribution in [0.2, 0.25) is 0 Å². The highest BCUT2D eigenvalue weighted by molar-refractivity contribution is 5.95. The van der Waals surface area contributed by atoms with Crippen LogP contribution >= 0.6 is 12.4 Å². The van der Waals surface area contributed by atoms with Gasteiger partial charge in [0, 0.05) is 48.3 Å². The predicted molar refractivity (Wildman–Crippen MR) is 152 cm³/mol. The number of alkyl halides is 6. The van der Waals surface area contributed by atoms with E-state index in [1.54, 1.807) is 0 Å². The minimum Gasteiger partial charge on any atom is -0.361 e. The van der Waals surface area contributed by atoms with Gasteiger partial charge in [0.25, 0.3) is 5.91 Å². The summed E-state index contributed by atoms with van der Waals surface area (Å²) in [5, 5.41) is 0.958. The molecule has 2 heterocycles. The number of aromatic nitrogens is 1. The number of nitrogens with zero attached hydrogens (tertiary/aromatic N) is 2. The number of carbonyl (C=O) groups is 1. The van der Waals surface area contributed by atoms with Crippen LogP contribution in [0.15, 0.2) is 79.0 Å². The average molecular weight is 610 g/mol. The van der Waals surface area contributed by atoms with Crippen molar-refractivity contribution < 1.29 is 31.1 Å². The molecule has 0 radical (unpaired) electrons. The van der Waals surface area contributed by atoms with Crippen molar-refractivity contribution in [2.24, 2.45) is 0 Å². The topological polar surface area (TPSA) is 39.3 Å². The lowest BCUT2D eigenvalue weighted by Gasteiger charge is -2.42. The molecule has 224 valence electrons. The molecule has 0 bridgehead atoms. The van der Waals surface area contributed by atoms with Crippen molar-refractivity contribution in [2.45, 2.75) is 37.7 Å². The van der Waals surface area contributed by atoms with E-state index in [-0.39, 0.29) is 25.0 Å². The highest BCUT2D eigenvalue weighted by Crippen LogP contribution is 2.37. The van der Waals surface area contributed by atoms with Gasteiger partial charge >= 0.3 is 12.4 Å². The lowest BCUT2D eigenvalue weighted by molar-refractivity contribution is -0.143. The molecule has 1 N–H and O–H groups in total. The number of rotatable bonds is 7. The van der Waals surface area contributed by atoms with E-state index >= 15 is 0 Å². The highest BCUT2D eigenvalue weighted by atomic mass is 35.5. The van der Waals surface area contributed by atoms with Crippen LogP contribution in [-0.2, 0) is 25.2 Å². The molecule has 1 aromatic heterocycles. The standard InChI is InChI=1S/C31H29F6N3O.ClH/c32-30(33,34)24-15-22(16-25(18-24)31(35,36)37)29(41)40-14-13-39(12-6-9-21-7-2-1-3-8-21)20-26(40)17-23-19-38-28-11-5-4-10-27(23)28;/h1-5,7-8,10-11,15-16,18-19,26,38H,6,9,12-14,17,20H2;1H. The molecule has 0 spiro atoms. The van der Waals surface area contributed by atoms with Crippen LogP contribution in [0.4, 0.5) is 26.3 Å². The van der Waals surface area contributed by atoms with E-state index in [9.17, 15) is 31.1 Å².